The first-order chi connectivity index (χ1) is 15.1. The van der Waals surface area contributed by atoms with E-state index in [1.54, 1.807) is 17.0 Å². The number of amides is 2. The summed E-state index contributed by atoms with van der Waals surface area (Å²) in [6, 6.07) is 4.27. The molecule has 1 aromatic rings. The number of rotatable bonds is 5. The van der Waals surface area contributed by atoms with Crippen molar-refractivity contribution < 1.29 is 18.7 Å². The van der Waals surface area contributed by atoms with Crippen molar-refractivity contribution >= 4 is 23.4 Å². The van der Waals surface area contributed by atoms with Crippen LogP contribution in [0.2, 0.25) is 5.02 Å². The van der Waals surface area contributed by atoms with Gasteiger partial charge in [0.15, 0.2) is 0 Å². The predicted octanol–water partition coefficient (Wildman–Crippen LogP) is 3.64. The maximum atomic E-state index is 14.8. The molecule has 0 aromatic heterocycles. The van der Waals surface area contributed by atoms with Crippen LogP contribution in [0.1, 0.15) is 52.1 Å². The Morgan fingerprint density at radius 3 is 2.69 bits per heavy atom. The average molecular weight is 468 g/mol. The third-order valence-electron chi connectivity index (χ3n) is 6.24. The van der Waals surface area contributed by atoms with Crippen molar-refractivity contribution in [1.82, 2.24) is 15.1 Å². The molecule has 3 atom stereocenters. The number of likely N-dealkylation sites (tertiary alicyclic amines) is 1. The van der Waals surface area contributed by atoms with E-state index in [2.05, 4.69) is 10.2 Å². The number of piperidine rings is 1. The molecular weight excluding hydrogens is 433 g/mol. The molecule has 2 aliphatic rings. The Bertz CT molecular complexity index is 809. The summed E-state index contributed by atoms with van der Waals surface area (Å²) >= 11 is 6.39. The van der Waals surface area contributed by atoms with Crippen LogP contribution in [-0.2, 0) is 14.3 Å². The van der Waals surface area contributed by atoms with Gasteiger partial charge in [0.2, 0.25) is 11.8 Å². The van der Waals surface area contributed by atoms with Gasteiger partial charge >= 0.3 is 0 Å². The fraction of sp³-hybridized carbons (Fsp3) is 0.667. The molecule has 178 valence electrons. The Hall–Kier alpha value is -1.70. The zero-order valence-corrected chi connectivity index (χ0v) is 20.3. The number of hydrogen-bond donors (Lipinski definition) is 1. The van der Waals surface area contributed by atoms with Crippen molar-refractivity contribution in [1.29, 1.82) is 0 Å². The molecule has 2 heterocycles. The lowest BCUT2D eigenvalue weighted by molar-refractivity contribution is -0.142. The van der Waals surface area contributed by atoms with Gasteiger partial charge in [-0.3, -0.25) is 14.5 Å². The number of hydrogen-bond acceptors (Lipinski definition) is 4. The number of halogens is 2. The second kappa shape index (κ2) is 10.5. The molecule has 0 bridgehead atoms. The Morgan fingerprint density at radius 2 is 2.03 bits per heavy atom. The topological polar surface area (TPSA) is 61.9 Å². The largest absolute Gasteiger partial charge is 0.376 e. The molecule has 2 fully saturated rings. The number of carbonyl (C=O) groups excluding carboxylic acids is 2. The monoisotopic (exact) mass is 467 g/mol. The lowest BCUT2D eigenvalue weighted by atomic mass is 9.91. The van der Waals surface area contributed by atoms with Gasteiger partial charge in [-0.25, -0.2) is 4.39 Å². The van der Waals surface area contributed by atoms with Crippen LogP contribution in [0.5, 0.6) is 0 Å². The highest BCUT2D eigenvalue weighted by atomic mass is 35.5. The molecule has 3 unspecified atom stereocenters. The summed E-state index contributed by atoms with van der Waals surface area (Å²) in [6.45, 7) is 10.8. The van der Waals surface area contributed by atoms with Crippen LogP contribution >= 0.6 is 11.6 Å². The fourth-order valence-electron chi connectivity index (χ4n) is 4.56. The summed E-state index contributed by atoms with van der Waals surface area (Å²) in [5.74, 6) is -0.686. The van der Waals surface area contributed by atoms with E-state index >= 15 is 0 Å². The predicted molar refractivity (Wildman–Crippen MR) is 123 cm³/mol. The van der Waals surface area contributed by atoms with E-state index < -0.39 is 11.5 Å². The highest BCUT2D eigenvalue weighted by Gasteiger charge is 2.34. The molecule has 2 amide bonds. The molecule has 6 nitrogen and oxygen atoms in total. The van der Waals surface area contributed by atoms with Crippen LogP contribution in [0, 0.1) is 17.2 Å². The van der Waals surface area contributed by atoms with Gasteiger partial charge < -0.3 is 15.0 Å². The van der Waals surface area contributed by atoms with E-state index in [1.807, 2.05) is 27.7 Å². The third kappa shape index (κ3) is 6.00. The first kappa shape index (κ1) is 24.9. The third-order valence-corrected chi connectivity index (χ3v) is 6.57. The van der Waals surface area contributed by atoms with Crippen LogP contribution in [-0.4, -0.2) is 67.0 Å². The number of nitrogens with one attached hydrogen (secondary N) is 1. The van der Waals surface area contributed by atoms with Crippen molar-refractivity contribution in [3.05, 3.63) is 34.6 Å². The van der Waals surface area contributed by atoms with Gasteiger partial charge in [-0.05, 0) is 31.9 Å². The Morgan fingerprint density at radius 1 is 1.28 bits per heavy atom. The molecule has 8 heteroatoms. The van der Waals surface area contributed by atoms with Gasteiger partial charge in [0.25, 0.3) is 0 Å². The van der Waals surface area contributed by atoms with Crippen LogP contribution < -0.4 is 5.32 Å². The Balaban J connectivity index is 1.71. The number of nitrogens with zero attached hydrogens (tertiary/aromatic N) is 2. The van der Waals surface area contributed by atoms with Crippen LogP contribution in [0.25, 0.3) is 0 Å². The highest BCUT2D eigenvalue weighted by Crippen LogP contribution is 2.31. The van der Waals surface area contributed by atoms with E-state index in [-0.39, 0.29) is 36.2 Å². The summed E-state index contributed by atoms with van der Waals surface area (Å²) in [6.07, 6.45) is 1.55. The number of benzene rings is 1. The molecular formula is C24H35ClFN3O3. The smallest absolute Gasteiger partial charge is 0.227 e. The van der Waals surface area contributed by atoms with E-state index in [0.29, 0.717) is 43.4 Å². The van der Waals surface area contributed by atoms with Gasteiger partial charge in [-0.2, -0.15) is 0 Å². The zero-order valence-electron chi connectivity index (χ0n) is 19.5. The number of carbonyl (C=O) groups is 2. The van der Waals surface area contributed by atoms with Crippen molar-refractivity contribution in [2.45, 2.75) is 52.7 Å². The van der Waals surface area contributed by atoms with Gasteiger partial charge in [-0.15, -0.1) is 0 Å². The van der Waals surface area contributed by atoms with Crippen molar-refractivity contribution in [2.75, 3.05) is 39.3 Å². The normalized spacial score (nSPS) is 23.6. The summed E-state index contributed by atoms with van der Waals surface area (Å²) < 4.78 is 20.4. The molecule has 1 N–H and O–H groups in total. The highest BCUT2D eigenvalue weighted by molar-refractivity contribution is 6.31. The Labute approximate surface area is 195 Å². The average Bonchev–Trinajstić information content (AvgIpc) is 2.74. The standard InChI is InChI=1S/C24H35ClFN3O3/c1-16-14-28(11-12-32-16)20(21-18(25)8-5-9-19(21)26)13-27-22(30)17-7-6-10-29(15-17)23(31)24(2,3)4/h5,8-9,16-17,20H,6-7,10-15H2,1-4H3,(H,27,30). The van der Waals surface area contributed by atoms with E-state index in [4.69, 9.17) is 16.3 Å². The summed E-state index contributed by atoms with van der Waals surface area (Å²) in [5.41, 5.74) is -0.0744. The quantitative estimate of drug-likeness (QED) is 0.718. The van der Waals surface area contributed by atoms with Crippen LogP contribution in [0.4, 0.5) is 4.39 Å². The number of ether oxygens (including phenoxy) is 1. The fourth-order valence-corrected chi connectivity index (χ4v) is 4.85. The molecule has 0 radical (unpaired) electrons. The van der Waals surface area contributed by atoms with E-state index in [0.717, 1.165) is 12.8 Å². The van der Waals surface area contributed by atoms with Gasteiger partial charge in [-0.1, -0.05) is 38.4 Å². The molecule has 3 rings (SSSR count). The minimum atomic E-state index is -0.474. The second-order valence-corrected chi connectivity index (χ2v) is 10.3. The molecule has 0 aliphatic carbocycles. The van der Waals surface area contributed by atoms with Crippen molar-refractivity contribution in [3.8, 4) is 0 Å². The molecule has 2 aliphatic heterocycles. The van der Waals surface area contributed by atoms with Gasteiger partial charge in [0.05, 0.1) is 24.7 Å². The van der Waals surface area contributed by atoms with Gasteiger partial charge in [0.1, 0.15) is 5.82 Å². The maximum Gasteiger partial charge on any atom is 0.227 e. The number of morpholine rings is 1. The minimum absolute atomic E-state index is 0.0165. The molecule has 1 aromatic carbocycles. The van der Waals surface area contributed by atoms with E-state index in [1.165, 1.54) is 6.07 Å². The first-order valence-corrected chi connectivity index (χ1v) is 11.8. The molecule has 32 heavy (non-hydrogen) atoms. The first-order valence-electron chi connectivity index (χ1n) is 11.4. The zero-order chi connectivity index (χ0) is 23.5. The van der Waals surface area contributed by atoms with E-state index in [9.17, 15) is 14.0 Å². The Kier molecular flexibility index (Phi) is 8.17. The molecule has 0 spiro atoms. The summed E-state index contributed by atoms with van der Waals surface area (Å²) in [4.78, 5) is 29.6. The summed E-state index contributed by atoms with van der Waals surface area (Å²) in [7, 11) is 0. The lowest BCUT2D eigenvalue weighted by Gasteiger charge is -2.39. The van der Waals surface area contributed by atoms with Crippen molar-refractivity contribution in [2.24, 2.45) is 11.3 Å². The maximum absolute atomic E-state index is 14.8. The molecule has 0 saturated carbocycles. The lowest BCUT2D eigenvalue weighted by Crippen LogP contribution is -2.50. The SMILES string of the molecule is CC1CN(C(CNC(=O)C2CCCN(C(=O)C(C)(C)C)C2)c2c(F)cccc2Cl)CCO1. The molecule has 2 saturated heterocycles. The van der Waals surface area contributed by atoms with Gasteiger partial charge in [0, 0.05) is 48.7 Å². The van der Waals surface area contributed by atoms with Crippen LogP contribution in [0.3, 0.4) is 0 Å². The summed E-state index contributed by atoms with van der Waals surface area (Å²) in [5, 5.41) is 3.38. The van der Waals surface area contributed by atoms with Crippen LogP contribution in [0.15, 0.2) is 18.2 Å². The van der Waals surface area contributed by atoms with Crippen molar-refractivity contribution in [3.63, 3.8) is 0 Å². The second-order valence-electron chi connectivity index (χ2n) is 9.91. The minimum Gasteiger partial charge on any atom is -0.376 e.